The Hall–Kier alpha value is -0.110. The lowest BCUT2D eigenvalue weighted by atomic mass is 10.1. The van der Waals surface area contributed by atoms with Gasteiger partial charge in [0, 0.05) is 10.2 Å². The number of hydrogen-bond acceptors (Lipinski definition) is 1. The molecule has 0 bridgehead atoms. The monoisotopic (exact) mass is 158 g/mol. The Morgan fingerprint density at radius 1 is 1.70 bits per heavy atom. The van der Waals surface area contributed by atoms with E-state index in [1.807, 2.05) is 6.92 Å². The van der Waals surface area contributed by atoms with Crippen LogP contribution in [-0.2, 0) is 10.8 Å². The van der Waals surface area contributed by atoms with Gasteiger partial charge in [-0.3, -0.25) is 4.21 Å². The fourth-order valence-electron chi connectivity index (χ4n) is 1.21. The van der Waals surface area contributed by atoms with Crippen LogP contribution < -0.4 is 0 Å². The molecule has 0 saturated carbocycles. The highest BCUT2D eigenvalue weighted by atomic mass is 32.2. The maximum absolute atomic E-state index is 11.4. The summed E-state index contributed by atoms with van der Waals surface area (Å²) in [5.41, 5.74) is 0. The highest BCUT2D eigenvalue weighted by molar-refractivity contribution is 7.89. The van der Waals surface area contributed by atoms with Gasteiger partial charge in [0.25, 0.3) is 0 Å². The summed E-state index contributed by atoms with van der Waals surface area (Å²) in [6.07, 6.45) is 3.11. The van der Waals surface area contributed by atoms with E-state index in [1.54, 1.807) is 0 Å². The summed E-state index contributed by atoms with van der Waals surface area (Å²) in [6, 6.07) is 0. The van der Waals surface area contributed by atoms with Crippen LogP contribution in [-0.4, -0.2) is 9.46 Å². The lowest BCUT2D eigenvalue weighted by Gasteiger charge is -2.12. The summed E-state index contributed by atoms with van der Waals surface area (Å²) < 4.78 is 11.4. The maximum Gasteiger partial charge on any atom is 0.0519 e. The van der Waals surface area contributed by atoms with Gasteiger partial charge >= 0.3 is 0 Å². The molecule has 0 N–H and O–H groups in total. The van der Waals surface area contributed by atoms with E-state index < -0.39 is 10.8 Å². The van der Waals surface area contributed by atoms with Crippen LogP contribution in [0.25, 0.3) is 0 Å². The molecule has 0 aromatic heterocycles. The first-order valence-electron chi connectivity index (χ1n) is 3.70. The molecule has 0 amide bonds. The quantitative estimate of drug-likeness (QED) is 0.571. The third-order valence-electron chi connectivity index (χ3n) is 1.97. The van der Waals surface area contributed by atoms with Crippen LogP contribution in [0.2, 0.25) is 0 Å². The Balaban J connectivity index is 2.65. The first-order chi connectivity index (χ1) is 4.63. The molecule has 0 fully saturated rings. The molecule has 2 atom stereocenters. The predicted molar refractivity (Wildman–Crippen MR) is 45.1 cm³/mol. The van der Waals surface area contributed by atoms with Crippen molar-refractivity contribution < 1.29 is 4.21 Å². The second-order valence-corrected chi connectivity index (χ2v) is 4.97. The summed E-state index contributed by atoms with van der Waals surface area (Å²) in [6.45, 7) is 6.22. The van der Waals surface area contributed by atoms with E-state index >= 15 is 0 Å². The standard InChI is InChI=1S/C8H14OS/c1-6(2)8-5-4-7(3)10(8)9/h4,6,8H,5H2,1-3H3/t8-,10-/m0/s1. The normalized spacial score (nSPS) is 33.0. The molecular weight excluding hydrogens is 144 g/mol. The molecule has 58 valence electrons. The molecule has 0 spiro atoms. The van der Waals surface area contributed by atoms with Crippen molar-refractivity contribution in [3.05, 3.63) is 11.0 Å². The summed E-state index contributed by atoms with van der Waals surface area (Å²) in [7, 11) is -0.674. The minimum Gasteiger partial charge on any atom is -0.254 e. The predicted octanol–water partition coefficient (Wildman–Crippen LogP) is 2.07. The molecule has 1 nitrogen and oxygen atoms in total. The van der Waals surface area contributed by atoms with Crippen LogP contribution in [0.5, 0.6) is 0 Å². The van der Waals surface area contributed by atoms with Crippen LogP contribution in [0.15, 0.2) is 11.0 Å². The minimum absolute atomic E-state index is 0.389. The molecule has 0 unspecified atom stereocenters. The molecule has 1 aliphatic heterocycles. The number of hydrogen-bond donors (Lipinski definition) is 0. The van der Waals surface area contributed by atoms with Crippen molar-refractivity contribution >= 4 is 10.8 Å². The molecule has 10 heavy (non-hydrogen) atoms. The largest absolute Gasteiger partial charge is 0.254 e. The SMILES string of the molecule is CC1=CC[C@@H](C(C)C)[S@]1=O. The zero-order valence-electron chi connectivity index (χ0n) is 6.76. The summed E-state index contributed by atoms with van der Waals surface area (Å²) in [5, 5.41) is 0.389. The van der Waals surface area contributed by atoms with Crippen LogP contribution in [0, 0.1) is 5.92 Å². The van der Waals surface area contributed by atoms with Crippen LogP contribution >= 0.6 is 0 Å². The fourth-order valence-corrected chi connectivity index (χ4v) is 2.71. The van der Waals surface area contributed by atoms with E-state index in [9.17, 15) is 4.21 Å². The molecule has 1 heterocycles. The van der Waals surface area contributed by atoms with Gasteiger partial charge in [0.2, 0.25) is 0 Å². The van der Waals surface area contributed by atoms with E-state index in [-0.39, 0.29) is 0 Å². The van der Waals surface area contributed by atoms with Gasteiger partial charge in [-0.25, -0.2) is 0 Å². The van der Waals surface area contributed by atoms with Crippen molar-refractivity contribution in [3.8, 4) is 0 Å². The van der Waals surface area contributed by atoms with Gasteiger partial charge in [-0.2, -0.15) is 0 Å². The molecule has 0 radical (unpaired) electrons. The van der Waals surface area contributed by atoms with Crippen molar-refractivity contribution in [1.82, 2.24) is 0 Å². The lowest BCUT2D eigenvalue weighted by molar-refractivity contribution is 0.592. The Morgan fingerprint density at radius 3 is 2.50 bits per heavy atom. The Morgan fingerprint density at radius 2 is 2.30 bits per heavy atom. The van der Waals surface area contributed by atoms with Gasteiger partial charge < -0.3 is 0 Å². The van der Waals surface area contributed by atoms with Crippen molar-refractivity contribution in [3.63, 3.8) is 0 Å². The zero-order valence-corrected chi connectivity index (χ0v) is 7.57. The molecule has 2 heteroatoms. The summed E-state index contributed by atoms with van der Waals surface area (Å²) >= 11 is 0. The van der Waals surface area contributed by atoms with Gasteiger partial charge in [0.15, 0.2) is 0 Å². The van der Waals surface area contributed by atoms with Crippen LogP contribution in [0.1, 0.15) is 27.2 Å². The smallest absolute Gasteiger partial charge is 0.0519 e. The highest BCUT2D eigenvalue weighted by Crippen LogP contribution is 2.25. The molecule has 0 aliphatic carbocycles. The topological polar surface area (TPSA) is 17.1 Å². The molecule has 0 aromatic carbocycles. The van der Waals surface area contributed by atoms with Gasteiger partial charge in [-0.15, -0.1) is 0 Å². The molecular formula is C8H14OS. The summed E-state index contributed by atoms with van der Waals surface area (Å²) in [4.78, 5) is 1.07. The zero-order chi connectivity index (χ0) is 7.72. The Bertz CT molecular complexity index is 182. The third kappa shape index (κ3) is 1.31. The fraction of sp³-hybridized carbons (Fsp3) is 0.750. The van der Waals surface area contributed by atoms with E-state index in [4.69, 9.17) is 0 Å². The van der Waals surface area contributed by atoms with Crippen molar-refractivity contribution in [1.29, 1.82) is 0 Å². The lowest BCUT2D eigenvalue weighted by Crippen LogP contribution is -2.16. The Labute approximate surface area is 65.0 Å². The van der Waals surface area contributed by atoms with E-state index in [1.165, 1.54) is 0 Å². The van der Waals surface area contributed by atoms with Crippen LogP contribution in [0.3, 0.4) is 0 Å². The molecule has 0 saturated heterocycles. The van der Waals surface area contributed by atoms with Gasteiger partial charge in [-0.05, 0) is 19.3 Å². The van der Waals surface area contributed by atoms with Gasteiger partial charge in [-0.1, -0.05) is 19.9 Å². The van der Waals surface area contributed by atoms with Gasteiger partial charge in [0.05, 0.1) is 10.8 Å². The van der Waals surface area contributed by atoms with Crippen molar-refractivity contribution in [2.75, 3.05) is 0 Å². The number of allylic oxidation sites excluding steroid dienone is 2. The Kier molecular flexibility index (Phi) is 2.29. The minimum atomic E-state index is -0.674. The van der Waals surface area contributed by atoms with Gasteiger partial charge in [0.1, 0.15) is 0 Å². The van der Waals surface area contributed by atoms with E-state index in [2.05, 4.69) is 19.9 Å². The third-order valence-corrected chi connectivity index (χ3v) is 4.06. The highest BCUT2D eigenvalue weighted by Gasteiger charge is 2.25. The average molecular weight is 158 g/mol. The second kappa shape index (κ2) is 2.87. The van der Waals surface area contributed by atoms with Crippen molar-refractivity contribution in [2.45, 2.75) is 32.4 Å². The number of rotatable bonds is 1. The first kappa shape index (κ1) is 7.99. The van der Waals surface area contributed by atoms with E-state index in [0.29, 0.717) is 11.2 Å². The molecule has 1 aliphatic rings. The molecule has 0 aromatic rings. The second-order valence-electron chi connectivity index (χ2n) is 3.13. The molecule has 1 rings (SSSR count). The van der Waals surface area contributed by atoms with Crippen molar-refractivity contribution in [2.24, 2.45) is 5.92 Å². The maximum atomic E-state index is 11.4. The average Bonchev–Trinajstić information content (AvgIpc) is 2.14. The first-order valence-corrected chi connectivity index (χ1v) is 4.91. The van der Waals surface area contributed by atoms with E-state index in [0.717, 1.165) is 11.3 Å². The van der Waals surface area contributed by atoms with Crippen LogP contribution in [0.4, 0.5) is 0 Å². The summed E-state index contributed by atoms with van der Waals surface area (Å²) in [5.74, 6) is 0.550.